The molecule has 0 unspecified atom stereocenters. The number of halogens is 2. The van der Waals surface area contributed by atoms with Crippen molar-refractivity contribution < 1.29 is 12.8 Å². The van der Waals surface area contributed by atoms with Crippen LogP contribution in [0.4, 0.5) is 4.39 Å². The molecule has 2 heterocycles. The van der Waals surface area contributed by atoms with Gasteiger partial charge in [-0.3, -0.25) is 9.58 Å². The molecule has 2 aromatic rings. The highest BCUT2D eigenvalue weighted by molar-refractivity contribution is 7.89. The molecule has 9 heteroatoms. The van der Waals surface area contributed by atoms with E-state index < -0.39 is 15.8 Å². The first kappa shape index (κ1) is 19.3. The van der Waals surface area contributed by atoms with Gasteiger partial charge in [0, 0.05) is 38.4 Å². The second-order valence-electron chi connectivity index (χ2n) is 6.47. The predicted octanol–water partition coefficient (Wildman–Crippen LogP) is 2.30. The van der Waals surface area contributed by atoms with Crippen molar-refractivity contribution in [3.63, 3.8) is 0 Å². The van der Waals surface area contributed by atoms with Gasteiger partial charge in [0.25, 0.3) is 0 Å². The average molecular weight is 401 g/mol. The van der Waals surface area contributed by atoms with Gasteiger partial charge in [-0.2, -0.15) is 9.40 Å². The Hall–Kier alpha value is -1.48. The van der Waals surface area contributed by atoms with E-state index in [9.17, 15) is 12.8 Å². The highest BCUT2D eigenvalue weighted by Gasteiger charge is 2.28. The fourth-order valence-corrected chi connectivity index (χ4v) is 4.81. The summed E-state index contributed by atoms with van der Waals surface area (Å²) in [4.78, 5) is 2.25. The maximum atomic E-state index is 13.3. The molecule has 0 N–H and O–H groups in total. The number of hydrogen-bond donors (Lipinski definition) is 0. The molecule has 3 rings (SSSR count). The summed E-state index contributed by atoms with van der Waals surface area (Å²) in [5.74, 6) is -0.625. The Bertz CT molecular complexity index is 892. The third kappa shape index (κ3) is 4.09. The van der Waals surface area contributed by atoms with Gasteiger partial charge < -0.3 is 0 Å². The monoisotopic (exact) mass is 400 g/mol. The van der Waals surface area contributed by atoms with Gasteiger partial charge in [-0.1, -0.05) is 11.6 Å². The Balaban J connectivity index is 1.59. The van der Waals surface area contributed by atoms with Crippen LogP contribution in [0.5, 0.6) is 0 Å². The lowest BCUT2D eigenvalue weighted by Gasteiger charge is -2.34. The van der Waals surface area contributed by atoms with Crippen LogP contribution in [-0.2, 0) is 16.6 Å². The zero-order valence-electron chi connectivity index (χ0n) is 14.8. The summed E-state index contributed by atoms with van der Waals surface area (Å²) < 4.78 is 42.1. The normalized spacial score (nSPS) is 16.9. The minimum atomic E-state index is -3.66. The summed E-state index contributed by atoms with van der Waals surface area (Å²) in [6.45, 7) is 7.68. The molecule has 0 radical (unpaired) electrons. The quantitative estimate of drug-likeness (QED) is 0.772. The van der Waals surface area contributed by atoms with E-state index in [4.69, 9.17) is 11.6 Å². The zero-order valence-corrected chi connectivity index (χ0v) is 16.4. The highest BCUT2D eigenvalue weighted by Crippen LogP contribution is 2.23. The molecule has 6 nitrogen and oxygen atoms in total. The molecule has 0 saturated carbocycles. The molecular weight excluding hydrogens is 379 g/mol. The second kappa shape index (κ2) is 7.64. The van der Waals surface area contributed by atoms with Gasteiger partial charge in [0.2, 0.25) is 10.0 Å². The smallest absolute Gasteiger partial charge is 0.243 e. The van der Waals surface area contributed by atoms with Crippen LogP contribution in [0.1, 0.15) is 11.4 Å². The maximum absolute atomic E-state index is 13.3. The van der Waals surface area contributed by atoms with Crippen molar-refractivity contribution in [3.05, 3.63) is 46.5 Å². The highest BCUT2D eigenvalue weighted by atomic mass is 35.5. The molecule has 1 aromatic carbocycles. The summed E-state index contributed by atoms with van der Waals surface area (Å²) in [6.07, 6.45) is 0. The molecule has 1 aliphatic rings. The lowest BCUT2D eigenvalue weighted by molar-refractivity contribution is 0.180. The molecule has 26 heavy (non-hydrogen) atoms. The lowest BCUT2D eigenvalue weighted by Crippen LogP contribution is -2.49. The lowest BCUT2D eigenvalue weighted by atomic mass is 10.3. The maximum Gasteiger partial charge on any atom is 0.243 e. The van der Waals surface area contributed by atoms with E-state index in [1.54, 1.807) is 0 Å². The number of hydrogen-bond acceptors (Lipinski definition) is 4. The molecule has 1 fully saturated rings. The Kier molecular flexibility index (Phi) is 5.67. The molecule has 0 atom stereocenters. The average Bonchev–Trinajstić information content (AvgIpc) is 2.93. The van der Waals surface area contributed by atoms with Crippen molar-refractivity contribution >= 4 is 21.6 Å². The third-order valence-corrected chi connectivity index (χ3v) is 6.78. The molecule has 0 aliphatic carbocycles. The summed E-state index contributed by atoms with van der Waals surface area (Å²) in [7, 11) is -3.66. The number of benzene rings is 1. The fraction of sp³-hybridized carbons (Fsp3) is 0.471. The van der Waals surface area contributed by atoms with Gasteiger partial charge in [-0.15, -0.1) is 0 Å². The van der Waals surface area contributed by atoms with Crippen LogP contribution in [0.15, 0.2) is 29.2 Å². The molecule has 1 aliphatic heterocycles. The van der Waals surface area contributed by atoms with Gasteiger partial charge in [0.1, 0.15) is 5.82 Å². The number of aromatic nitrogens is 2. The first-order chi connectivity index (χ1) is 12.3. The van der Waals surface area contributed by atoms with Crippen LogP contribution in [0.25, 0.3) is 0 Å². The van der Waals surface area contributed by atoms with Crippen LogP contribution in [0.2, 0.25) is 5.02 Å². The van der Waals surface area contributed by atoms with Crippen LogP contribution in [0.3, 0.4) is 0 Å². The summed E-state index contributed by atoms with van der Waals surface area (Å²) in [5, 5.41) is 4.26. The fourth-order valence-electron chi connectivity index (χ4n) is 3.12. The first-order valence-corrected chi connectivity index (χ1v) is 10.3. The van der Waals surface area contributed by atoms with Crippen molar-refractivity contribution in [2.75, 3.05) is 32.7 Å². The molecular formula is C17H22ClFN4O2S. The first-order valence-electron chi connectivity index (χ1n) is 8.46. The largest absolute Gasteiger partial charge is 0.299 e. The van der Waals surface area contributed by atoms with Crippen molar-refractivity contribution in [2.45, 2.75) is 25.3 Å². The molecule has 142 valence electrons. The Morgan fingerprint density at radius 3 is 2.38 bits per heavy atom. The minimum Gasteiger partial charge on any atom is -0.299 e. The Morgan fingerprint density at radius 1 is 1.12 bits per heavy atom. The molecule has 1 saturated heterocycles. The SMILES string of the molecule is Cc1cc(C)n(CCN2CCN(S(=O)(=O)c3ccc(F)c(Cl)c3)CC2)n1. The van der Waals surface area contributed by atoms with E-state index in [-0.39, 0.29) is 9.92 Å². The van der Waals surface area contributed by atoms with Gasteiger partial charge in [0.15, 0.2) is 0 Å². The van der Waals surface area contributed by atoms with Crippen LogP contribution < -0.4 is 0 Å². The van der Waals surface area contributed by atoms with Gasteiger partial charge in [-0.25, -0.2) is 12.8 Å². The van der Waals surface area contributed by atoms with E-state index in [1.165, 1.54) is 16.4 Å². The Morgan fingerprint density at radius 2 is 1.81 bits per heavy atom. The number of sulfonamides is 1. The second-order valence-corrected chi connectivity index (χ2v) is 8.82. The summed E-state index contributed by atoms with van der Waals surface area (Å²) >= 11 is 5.72. The molecule has 0 amide bonds. The molecule has 1 aromatic heterocycles. The summed E-state index contributed by atoms with van der Waals surface area (Å²) in [5.41, 5.74) is 2.12. The van der Waals surface area contributed by atoms with Crippen molar-refractivity contribution in [1.29, 1.82) is 0 Å². The predicted molar refractivity (Wildman–Crippen MR) is 98.3 cm³/mol. The Labute approximate surface area is 158 Å². The topological polar surface area (TPSA) is 58.4 Å². The van der Waals surface area contributed by atoms with Gasteiger partial charge in [0.05, 0.1) is 22.2 Å². The van der Waals surface area contributed by atoms with Crippen LogP contribution in [0, 0.1) is 19.7 Å². The molecule has 0 bridgehead atoms. The van der Waals surface area contributed by atoms with E-state index in [0.717, 1.165) is 30.5 Å². The number of aryl methyl sites for hydroxylation is 2. The van der Waals surface area contributed by atoms with E-state index >= 15 is 0 Å². The standard InChI is InChI=1S/C17H22ClFN4O2S/c1-13-11-14(2)23(20-13)10-7-21-5-8-22(9-6-21)26(24,25)15-3-4-17(19)16(18)12-15/h3-4,11-12H,5-10H2,1-2H3. The van der Waals surface area contributed by atoms with Crippen molar-refractivity contribution in [2.24, 2.45) is 0 Å². The van der Waals surface area contributed by atoms with Crippen molar-refractivity contribution in [3.8, 4) is 0 Å². The third-order valence-electron chi connectivity index (χ3n) is 4.59. The number of rotatable bonds is 5. The van der Waals surface area contributed by atoms with Crippen LogP contribution in [-0.4, -0.2) is 60.1 Å². The van der Waals surface area contributed by atoms with Gasteiger partial charge >= 0.3 is 0 Å². The number of nitrogens with zero attached hydrogens (tertiary/aromatic N) is 4. The van der Waals surface area contributed by atoms with Crippen molar-refractivity contribution in [1.82, 2.24) is 19.0 Å². The van der Waals surface area contributed by atoms with E-state index in [0.29, 0.717) is 26.2 Å². The molecule has 0 spiro atoms. The number of piperazine rings is 1. The van der Waals surface area contributed by atoms with Gasteiger partial charge in [-0.05, 0) is 38.1 Å². The van der Waals surface area contributed by atoms with E-state index in [1.807, 2.05) is 24.6 Å². The van der Waals surface area contributed by atoms with Crippen LogP contribution >= 0.6 is 11.6 Å². The minimum absolute atomic E-state index is 0.0278. The summed E-state index contributed by atoms with van der Waals surface area (Å²) in [6, 6.07) is 5.55. The van der Waals surface area contributed by atoms with E-state index in [2.05, 4.69) is 10.00 Å². The zero-order chi connectivity index (χ0) is 18.9.